The minimum atomic E-state index is -2.27. The van der Waals surface area contributed by atoms with E-state index in [2.05, 4.69) is 4.74 Å². The van der Waals surface area contributed by atoms with Crippen LogP contribution in [0, 0.1) is 11.3 Å². The molecule has 0 N–H and O–H groups in total. The van der Waals surface area contributed by atoms with Crippen molar-refractivity contribution in [1.82, 2.24) is 0 Å². The van der Waals surface area contributed by atoms with Crippen molar-refractivity contribution in [2.45, 2.75) is 32.7 Å². The highest BCUT2D eigenvalue weighted by Gasteiger charge is 2.37. The molecule has 13 heavy (non-hydrogen) atoms. The summed E-state index contributed by atoms with van der Waals surface area (Å²) in [5.74, 6) is -1.96. The molecule has 0 fully saturated rings. The Bertz CT molecular complexity index is 245. The van der Waals surface area contributed by atoms with Gasteiger partial charge in [0, 0.05) is 6.92 Å². The number of rotatable bonds is 4. The number of nitrogens with zero attached hydrogens (tertiary/aromatic N) is 1. The van der Waals surface area contributed by atoms with Gasteiger partial charge in [-0.15, -0.1) is 4.52 Å². The lowest BCUT2D eigenvalue weighted by Crippen LogP contribution is -2.12. The van der Waals surface area contributed by atoms with E-state index >= 15 is 0 Å². The maximum absolute atomic E-state index is 11.1. The highest BCUT2D eigenvalue weighted by molar-refractivity contribution is 7.40. The van der Waals surface area contributed by atoms with Crippen LogP contribution >= 0.6 is 8.03 Å². The van der Waals surface area contributed by atoms with Gasteiger partial charge in [0.1, 0.15) is 6.10 Å². The Hall–Kier alpha value is -0.980. The quantitative estimate of drug-likeness (QED) is 0.513. The van der Waals surface area contributed by atoms with Gasteiger partial charge in [0.05, 0.1) is 0 Å². The van der Waals surface area contributed by atoms with E-state index in [-0.39, 0.29) is 6.10 Å². The second-order valence-electron chi connectivity index (χ2n) is 2.53. The topological polar surface area (TPSA) is 76.4 Å². The van der Waals surface area contributed by atoms with Crippen molar-refractivity contribution in [2.75, 3.05) is 0 Å². The van der Waals surface area contributed by atoms with Gasteiger partial charge >= 0.3 is 19.8 Å². The first-order valence-corrected chi connectivity index (χ1v) is 4.92. The summed E-state index contributed by atoms with van der Waals surface area (Å²) >= 11 is 0. The molecule has 6 heteroatoms. The van der Waals surface area contributed by atoms with Gasteiger partial charge in [0.2, 0.25) is 0 Å². The van der Waals surface area contributed by atoms with E-state index in [0.717, 1.165) is 6.92 Å². The molecule has 2 unspecified atom stereocenters. The van der Waals surface area contributed by atoms with Crippen molar-refractivity contribution < 1.29 is 18.6 Å². The third-order valence-electron chi connectivity index (χ3n) is 0.894. The maximum atomic E-state index is 11.1. The third kappa shape index (κ3) is 5.29. The van der Waals surface area contributed by atoms with Crippen LogP contribution in [0.5, 0.6) is 0 Å². The summed E-state index contributed by atoms with van der Waals surface area (Å²) < 4.78 is 20.4. The van der Waals surface area contributed by atoms with Crippen LogP contribution in [0.4, 0.5) is 0 Å². The monoisotopic (exact) mass is 204 g/mol. The van der Waals surface area contributed by atoms with Gasteiger partial charge < -0.3 is 4.74 Å². The molecule has 0 aromatic heterocycles. The van der Waals surface area contributed by atoms with Gasteiger partial charge in [0.15, 0.2) is 6.07 Å². The van der Waals surface area contributed by atoms with E-state index < -0.39 is 19.8 Å². The Labute approximate surface area is 77.5 Å². The minimum absolute atomic E-state index is 0.269. The number of carbonyl (C=O) groups excluding carboxylic acids is 1. The lowest BCUT2D eigenvalue weighted by Gasteiger charge is -1.99. The van der Waals surface area contributed by atoms with E-state index in [1.165, 1.54) is 0 Å². The number of hydrogen-bond acceptors (Lipinski definition) is 5. The number of ether oxygens (including phenoxy) is 1. The molecule has 0 aromatic carbocycles. The minimum Gasteiger partial charge on any atom is -0.402 e. The zero-order chi connectivity index (χ0) is 10.4. The van der Waals surface area contributed by atoms with Crippen LogP contribution in [0.3, 0.4) is 0 Å². The number of esters is 1. The van der Waals surface area contributed by atoms with Gasteiger partial charge in [-0.25, -0.2) is 0 Å². The molecule has 2 atom stereocenters. The SMILES string of the molecule is CC(=O)OC(C#N)[P+](=O)OC(C)C. The molecule has 0 aliphatic rings. The predicted molar refractivity (Wildman–Crippen MR) is 45.0 cm³/mol. The van der Waals surface area contributed by atoms with Crippen LogP contribution < -0.4 is 0 Å². The lowest BCUT2D eigenvalue weighted by molar-refractivity contribution is -0.141. The smallest absolute Gasteiger partial charge is 0.402 e. The van der Waals surface area contributed by atoms with E-state index in [1.54, 1.807) is 19.9 Å². The highest BCUT2D eigenvalue weighted by Crippen LogP contribution is 2.31. The van der Waals surface area contributed by atoms with Crippen LogP contribution in [0.25, 0.3) is 0 Å². The van der Waals surface area contributed by atoms with E-state index in [0.29, 0.717) is 0 Å². The average Bonchev–Trinajstić information content (AvgIpc) is 1.98. The van der Waals surface area contributed by atoms with Gasteiger partial charge in [-0.05, 0) is 18.4 Å². The standard InChI is InChI=1S/C7H11NO4P/c1-5(2)12-13(10)7(4-8)11-6(3)9/h5,7H,1-3H3/q+1. The molecule has 0 rings (SSSR count). The van der Waals surface area contributed by atoms with Crippen molar-refractivity contribution >= 4 is 14.0 Å². The zero-order valence-electron chi connectivity index (χ0n) is 7.68. The van der Waals surface area contributed by atoms with E-state index in [1.807, 2.05) is 0 Å². The molecule has 0 spiro atoms. The molecule has 0 saturated carbocycles. The van der Waals surface area contributed by atoms with Gasteiger partial charge in [-0.1, -0.05) is 0 Å². The van der Waals surface area contributed by atoms with Crippen molar-refractivity contribution in [3.8, 4) is 6.07 Å². The predicted octanol–water partition coefficient (Wildman–Crippen LogP) is 1.57. The molecule has 0 heterocycles. The van der Waals surface area contributed by atoms with Gasteiger partial charge in [-0.3, -0.25) is 4.79 Å². The first-order chi connectivity index (χ1) is 5.97. The Morgan fingerprint density at radius 2 is 2.08 bits per heavy atom. The summed E-state index contributed by atoms with van der Waals surface area (Å²) in [4.78, 5) is 10.4. The fraction of sp³-hybridized carbons (Fsp3) is 0.714. The zero-order valence-corrected chi connectivity index (χ0v) is 8.58. The fourth-order valence-electron chi connectivity index (χ4n) is 0.537. The summed E-state index contributed by atoms with van der Waals surface area (Å²) in [5, 5.41) is 8.47. The Kier molecular flexibility index (Phi) is 5.20. The van der Waals surface area contributed by atoms with Gasteiger partial charge in [-0.2, -0.15) is 5.26 Å². The lowest BCUT2D eigenvalue weighted by atomic mass is 10.5. The number of hydrogen-bond donors (Lipinski definition) is 0. The highest BCUT2D eigenvalue weighted by atomic mass is 31.1. The second kappa shape index (κ2) is 5.63. The molecule has 0 aliphatic heterocycles. The van der Waals surface area contributed by atoms with Gasteiger partial charge in [0.25, 0.3) is 0 Å². The molecule has 0 aromatic rings. The number of nitriles is 1. The summed E-state index contributed by atoms with van der Waals surface area (Å²) in [6, 6.07) is 1.59. The summed E-state index contributed by atoms with van der Waals surface area (Å²) in [7, 11) is -2.27. The first-order valence-electron chi connectivity index (χ1n) is 3.67. The second-order valence-corrected chi connectivity index (χ2v) is 3.78. The van der Waals surface area contributed by atoms with Crippen molar-refractivity contribution in [1.29, 1.82) is 5.26 Å². The molecule has 5 nitrogen and oxygen atoms in total. The first kappa shape index (κ1) is 12.0. The fourth-order valence-corrected chi connectivity index (χ4v) is 1.39. The Morgan fingerprint density at radius 3 is 2.38 bits per heavy atom. The largest absolute Gasteiger partial charge is 0.570 e. The molecule has 0 aliphatic carbocycles. The number of carbonyl (C=O) groups is 1. The molecule has 72 valence electrons. The molecular weight excluding hydrogens is 193 g/mol. The summed E-state index contributed by atoms with van der Waals surface area (Å²) in [6.45, 7) is 4.49. The van der Waals surface area contributed by atoms with Crippen LogP contribution in [0.2, 0.25) is 0 Å². The van der Waals surface area contributed by atoms with Crippen LogP contribution in [-0.2, 0) is 18.6 Å². The van der Waals surface area contributed by atoms with Crippen molar-refractivity contribution in [3.05, 3.63) is 0 Å². The van der Waals surface area contributed by atoms with Crippen LogP contribution in [-0.4, -0.2) is 17.9 Å². The molecule has 0 bridgehead atoms. The molecule has 0 amide bonds. The van der Waals surface area contributed by atoms with E-state index in [4.69, 9.17) is 9.79 Å². The summed E-state index contributed by atoms with van der Waals surface area (Å²) in [6.07, 6.45) is -0.269. The maximum Gasteiger partial charge on any atom is 0.570 e. The Morgan fingerprint density at radius 1 is 1.54 bits per heavy atom. The molecule has 0 saturated heterocycles. The molecular formula is C7H11NO4P+. The van der Waals surface area contributed by atoms with Crippen LogP contribution in [0.1, 0.15) is 20.8 Å². The normalized spacial score (nSPS) is 13.3. The third-order valence-corrected chi connectivity index (χ3v) is 2.13. The van der Waals surface area contributed by atoms with Crippen molar-refractivity contribution in [3.63, 3.8) is 0 Å². The van der Waals surface area contributed by atoms with Crippen LogP contribution in [0.15, 0.2) is 0 Å². The average molecular weight is 204 g/mol. The molecule has 0 radical (unpaired) electrons. The summed E-state index contributed by atoms with van der Waals surface area (Å²) in [5.41, 5.74) is 0. The van der Waals surface area contributed by atoms with Crippen molar-refractivity contribution in [2.24, 2.45) is 0 Å². The Balaban J connectivity index is 4.18. The van der Waals surface area contributed by atoms with E-state index in [9.17, 15) is 9.36 Å².